The summed E-state index contributed by atoms with van der Waals surface area (Å²) in [6, 6.07) is 14.3. The van der Waals surface area contributed by atoms with E-state index in [1.807, 2.05) is 24.3 Å². The molecule has 1 aromatic heterocycles. The number of nitrogens with one attached hydrogen (secondary N) is 2. The standard InChI is InChI=1S/C20H17ClN4O4/c1-28-20(27)14-8-6-13(7-9-14)12-29-17-5-3-2-4-15(17)10-22-24-16-11-23-25-19(26)18(16)21/h2-11H,12H2,1H3,(H2,24,25,26)/b22-10-. The van der Waals surface area contributed by atoms with E-state index in [4.69, 9.17) is 16.3 Å². The molecule has 0 unspecified atom stereocenters. The maximum absolute atomic E-state index is 11.5. The lowest BCUT2D eigenvalue weighted by Gasteiger charge is -2.09. The lowest BCUT2D eigenvalue weighted by molar-refractivity contribution is 0.0600. The molecule has 1 heterocycles. The second-order valence-electron chi connectivity index (χ2n) is 5.81. The van der Waals surface area contributed by atoms with Crippen molar-refractivity contribution in [1.82, 2.24) is 10.2 Å². The number of nitrogens with zero attached hydrogens (tertiary/aromatic N) is 2. The van der Waals surface area contributed by atoms with Gasteiger partial charge in [0.2, 0.25) is 0 Å². The number of halogens is 1. The monoisotopic (exact) mass is 412 g/mol. The Morgan fingerprint density at radius 2 is 2.00 bits per heavy atom. The molecule has 0 bridgehead atoms. The van der Waals surface area contributed by atoms with Gasteiger partial charge in [0, 0.05) is 5.56 Å². The number of methoxy groups -OCH3 is 1. The number of aromatic amines is 1. The van der Waals surface area contributed by atoms with Crippen molar-refractivity contribution in [2.75, 3.05) is 12.5 Å². The Kier molecular flexibility index (Phi) is 6.59. The van der Waals surface area contributed by atoms with Gasteiger partial charge in [-0.3, -0.25) is 10.2 Å². The third-order valence-corrected chi connectivity index (χ3v) is 4.25. The number of carbonyl (C=O) groups is 1. The first-order chi connectivity index (χ1) is 14.1. The highest BCUT2D eigenvalue weighted by Crippen LogP contribution is 2.19. The number of esters is 1. The fraction of sp³-hybridized carbons (Fsp3) is 0.100. The predicted molar refractivity (Wildman–Crippen MR) is 110 cm³/mol. The molecular formula is C20H17ClN4O4. The molecule has 0 spiro atoms. The average molecular weight is 413 g/mol. The molecule has 0 aliphatic carbocycles. The normalized spacial score (nSPS) is 10.7. The van der Waals surface area contributed by atoms with Gasteiger partial charge < -0.3 is 9.47 Å². The van der Waals surface area contributed by atoms with E-state index in [9.17, 15) is 9.59 Å². The lowest BCUT2D eigenvalue weighted by Crippen LogP contribution is -2.10. The largest absolute Gasteiger partial charge is 0.488 e. The smallest absolute Gasteiger partial charge is 0.337 e. The summed E-state index contributed by atoms with van der Waals surface area (Å²) in [5, 5.41) is 9.94. The van der Waals surface area contributed by atoms with E-state index >= 15 is 0 Å². The Morgan fingerprint density at radius 3 is 2.76 bits per heavy atom. The van der Waals surface area contributed by atoms with Gasteiger partial charge in [-0.15, -0.1) is 0 Å². The molecule has 0 aliphatic rings. The highest BCUT2D eigenvalue weighted by Gasteiger charge is 2.06. The molecule has 2 aromatic carbocycles. The zero-order valence-corrected chi connectivity index (χ0v) is 16.1. The quantitative estimate of drug-likeness (QED) is 0.350. The molecule has 3 aromatic rings. The maximum Gasteiger partial charge on any atom is 0.337 e. The molecule has 148 valence electrons. The van der Waals surface area contributed by atoms with Crippen LogP contribution in [0.25, 0.3) is 0 Å². The Labute approximate surface area is 171 Å². The second kappa shape index (κ2) is 9.52. The number of hydrogen-bond acceptors (Lipinski definition) is 7. The van der Waals surface area contributed by atoms with Crippen molar-refractivity contribution in [3.05, 3.63) is 86.8 Å². The topological polar surface area (TPSA) is 106 Å². The molecule has 3 rings (SSSR count). The lowest BCUT2D eigenvalue weighted by atomic mass is 10.1. The zero-order chi connectivity index (χ0) is 20.6. The molecule has 9 heteroatoms. The molecule has 0 aliphatic heterocycles. The number of carbonyl (C=O) groups excluding carboxylic acids is 1. The van der Waals surface area contributed by atoms with Gasteiger partial charge in [-0.25, -0.2) is 9.89 Å². The van der Waals surface area contributed by atoms with Crippen LogP contribution in [0.5, 0.6) is 5.75 Å². The maximum atomic E-state index is 11.5. The minimum Gasteiger partial charge on any atom is -0.488 e. The van der Waals surface area contributed by atoms with Crippen LogP contribution >= 0.6 is 11.6 Å². The second-order valence-corrected chi connectivity index (χ2v) is 6.19. The summed E-state index contributed by atoms with van der Waals surface area (Å²) in [7, 11) is 1.34. The molecule has 29 heavy (non-hydrogen) atoms. The number of aromatic nitrogens is 2. The summed E-state index contributed by atoms with van der Waals surface area (Å²) in [6.45, 7) is 0.309. The fourth-order valence-corrected chi connectivity index (χ4v) is 2.50. The van der Waals surface area contributed by atoms with Crippen LogP contribution < -0.4 is 15.7 Å². The first-order valence-corrected chi connectivity index (χ1v) is 8.87. The van der Waals surface area contributed by atoms with E-state index < -0.39 is 5.56 Å². The third-order valence-electron chi connectivity index (χ3n) is 3.87. The van der Waals surface area contributed by atoms with Crippen LogP contribution in [0, 0.1) is 0 Å². The summed E-state index contributed by atoms with van der Waals surface area (Å²) in [4.78, 5) is 22.9. The van der Waals surface area contributed by atoms with Crippen LogP contribution in [0.3, 0.4) is 0 Å². The van der Waals surface area contributed by atoms with Gasteiger partial charge in [-0.05, 0) is 29.8 Å². The van der Waals surface area contributed by atoms with Crippen molar-refractivity contribution >= 4 is 29.5 Å². The minimum absolute atomic E-state index is 0.0305. The molecule has 0 atom stereocenters. The van der Waals surface area contributed by atoms with Gasteiger partial charge in [0.15, 0.2) is 0 Å². The van der Waals surface area contributed by atoms with Gasteiger partial charge >= 0.3 is 5.97 Å². The van der Waals surface area contributed by atoms with Crippen LogP contribution in [0.15, 0.2) is 64.6 Å². The van der Waals surface area contributed by atoms with Crippen molar-refractivity contribution in [3.8, 4) is 5.75 Å². The van der Waals surface area contributed by atoms with Gasteiger partial charge in [-0.2, -0.15) is 10.2 Å². The number of ether oxygens (including phenoxy) is 2. The van der Waals surface area contributed by atoms with E-state index in [1.165, 1.54) is 13.3 Å². The Hall–Kier alpha value is -3.65. The third kappa shape index (κ3) is 5.20. The summed E-state index contributed by atoms with van der Waals surface area (Å²) in [5.41, 5.74) is 4.55. The van der Waals surface area contributed by atoms with Gasteiger partial charge in [-0.1, -0.05) is 35.9 Å². The highest BCUT2D eigenvalue weighted by molar-refractivity contribution is 6.32. The SMILES string of the molecule is COC(=O)c1ccc(COc2ccccc2/C=N\Nc2cn[nH]c(=O)c2Cl)cc1. The molecule has 8 nitrogen and oxygen atoms in total. The van der Waals surface area contributed by atoms with Gasteiger partial charge in [0.25, 0.3) is 5.56 Å². The van der Waals surface area contributed by atoms with E-state index in [2.05, 4.69) is 25.5 Å². The number of benzene rings is 2. The summed E-state index contributed by atoms with van der Waals surface area (Å²) in [5.74, 6) is 0.229. The first kappa shape index (κ1) is 20.1. The number of hydrazone groups is 1. The van der Waals surface area contributed by atoms with Crippen LogP contribution in [0.4, 0.5) is 5.69 Å². The molecule has 2 N–H and O–H groups in total. The van der Waals surface area contributed by atoms with Gasteiger partial charge in [0.05, 0.1) is 25.1 Å². The fourth-order valence-electron chi connectivity index (χ4n) is 2.37. The molecule has 0 amide bonds. The molecule has 0 radical (unpaired) electrons. The first-order valence-electron chi connectivity index (χ1n) is 8.50. The zero-order valence-electron chi connectivity index (χ0n) is 15.4. The van der Waals surface area contributed by atoms with E-state index in [-0.39, 0.29) is 16.7 Å². The number of hydrogen-bond donors (Lipinski definition) is 2. The van der Waals surface area contributed by atoms with E-state index in [0.717, 1.165) is 11.1 Å². The van der Waals surface area contributed by atoms with Crippen LogP contribution in [-0.2, 0) is 11.3 Å². The van der Waals surface area contributed by atoms with Crippen molar-refractivity contribution < 1.29 is 14.3 Å². The van der Waals surface area contributed by atoms with Crippen molar-refractivity contribution in [3.63, 3.8) is 0 Å². The molecule has 0 fully saturated rings. The van der Waals surface area contributed by atoms with Crippen molar-refractivity contribution in [2.24, 2.45) is 5.10 Å². The highest BCUT2D eigenvalue weighted by atomic mass is 35.5. The average Bonchev–Trinajstić information content (AvgIpc) is 2.76. The van der Waals surface area contributed by atoms with Gasteiger partial charge in [0.1, 0.15) is 23.1 Å². The number of anilines is 1. The predicted octanol–water partition coefficient (Wildman–Crippen LogP) is 3.23. The molecule has 0 saturated heterocycles. The van der Waals surface area contributed by atoms with Crippen LogP contribution in [0.2, 0.25) is 5.02 Å². The van der Waals surface area contributed by atoms with Crippen molar-refractivity contribution in [2.45, 2.75) is 6.61 Å². The summed E-state index contributed by atoms with van der Waals surface area (Å²) >= 11 is 5.89. The molecular weight excluding hydrogens is 396 g/mol. The van der Waals surface area contributed by atoms with E-state index in [0.29, 0.717) is 17.9 Å². The number of H-pyrrole nitrogens is 1. The Bertz CT molecular complexity index is 1080. The summed E-state index contributed by atoms with van der Waals surface area (Å²) in [6.07, 6.45) is 2.91. The molecule has 0 saturated carbocycles. The number of para-hydroxylation sites is 1. The number of rotatable bonds is 7. The van der Waals surface area contributed by atoms with Crippen molar-refractivity contribution in [1.29, 1.82) is 0 Å². The van der Waals surface area contributed by atoms with Crippen LogP contribution in [0.1, 0.15) is 21.5 Å². The Balaban J connectivity index is 1.66. The van der Waals surface area contributed by atoms with E-state index in [1.54, 1.807) is 30.5 Å². The van der Waals surface area contributed by atoms with Crippen LogP contribution in [-0.4, -0.2) is 29.5 Å². The minimum atomic E-state index is -0.506. The Morgan fingerprint density at radius 1 is 1.24 bits per heavy atom. The summed E-state index contributed by atoms with van der Waals surface area (Å²) < 4.78 is 10.5.